The van der Waals surface area contributed by atoms with Gasteiger partial charge in [0.05, 0.1) is 5.25 Å². The maximum absolute atomic E-state index is 12.1. The van der Waals surface area contributed by atoms with Crippen molar-refractivity contribution in [3.05, 3.63) is 0 Å². The van der Waals surface area contributed by atoms with E-state index in [-0.39, 0.29) is 6.04 Å². The van der Waals surface area contributed by atoms with Gasteiger partial charge >= 0.3 is 0 Å². The zero-order valence-corrected chi connectivity index (χ0v) is 8.89. The monoisotopic (exact) mass is 201 g/mol. The van der Waals surface area contributed by atoms with Gasteiger partial charge in [0.25, 0.3) is 0 Å². The third-order valence-electron chi connectivity index (χ3n) is 3.43. The van der Waals surface area contributed by atoms with E-state index in [1.165, 1.54) is 32.1 Å². The van der Waals surface area contributed by atoms with Gasteiger partial charge in [0.15, 0.2) is 0 Å². The maximum atomic E-state index is 12.1. The molecule has 2 aliphatic carbocycles. The molecule has 0 aromatic heterocycles. The van der Waals surface area contributed by atoms with Crippen LogP contribution >= 0.6 is 0 Å². The van der Waals surface area contributed by atoms with Crippen LogP contribution in [-0.2, 0) is 10.8 Å². The fourth-order valence-corrected chi connectivity index (χ4v) is 4.78. The van der Waals surface area contributed by atoms with E-state index in [4.69, 9.17) is 5.73 Å². The minimum Gasteiger partial charge on any atom is -0.327 e. The van der Waals surface area contributed by atoms with Crippen molar-refractivity contribution in [3.8, 4) is 0 Å². The number of hydrogen-bond donors (Lipinski definition) is 1. The third-order valence-corrected chi connectivity index (χ3v) is 5.74. The predicted molar refractivity (Wildman–Crippen MR) is 56.0 cm³/mol. The van der Waals surface area contributed by atoms with Crippen molar-refractivity contribution in [3.63, 3.8) is 0 Å². The van der Waals surface area contributed by atoms with Crippen LogP contribution < -0.4 is 5.73 Å². The Labute approximate surface area is 82.7 Å². The minimum absolute atomic E-state index is 0.224. The number of rotatable bonds is 2. The summed E-state index contributed by atoms with van der Waals surface area (Å²) >= 11 is 0. The summed E-state index contributed by atoms with van der Waals surface area (Å²) in [6.07, 6.45) is 8.28. The van der Waals surface area contributed by atoms with Crippen molar-refractivity contribution in [1.29, 1.82) is 0 Å². The van der Waals surface area contributed by atoms with E-state index in [9.17, 15) is 4.21 Å². The third kappa shape index (κ3) is 1.96. The second-order valence-corrected chi connectivity index (χ2v) is 6.30. The largest absolute Gasteiger partial charge is 0.327 e. The van der Waals surface area contributed by atoms with Gasteiger partial charge in [0.1, 0.15) is 0 Å². The highest BCUT2D eigenvalue weighted by molar-refractivity contribution is 7.86. The molecule has 2 rings (SSSR count). The lowest BCUT2D eigenvalue weighted by molar-refractivity contribution is 0.634. The highest BCUT2D eigenvalue weighted by Crippen LogP contribution is 2.30. The van der Waals surface area contributed by atoms with Gasteiger partial charge in [-0.1, -0.05) is 19.3 Å². The Morgan fingerprint density at radius 1 is 1.00 bits per heavy atom. The van der Waals surface area contributed by atoms with Crippen LogP contribution in [0.1, 0.15) is 44.9 Å². The summed E-state index contributed by atoms with van der Waals surface area (Å²) in [6.45, 7) is 0. The average Bonchev–Trinajstić information content (AvgIpc) is 2.72. The molecule has 3 unspecified atom stereocenters. The first-order valence-corrected chi connectivity index (χ1v) is 6.71. The van der Waals surface area contributed by atoms with E-state index >= 15 is 0 Å². The Morgan fingerprint density at radius 2 is 1.69 bits per heavy atom. The van der Waals surface area contributed by atoms with E-state index in [0.717, 1.165) is 12.8 Å². The predicted octanol–water partition coefficient (Wildman–Crippen LogP) is 1.56. The molecule has 0 saturated heterocycles. The van der Waals surface area contributed by atoms with Crippen LogP contribution in [0.2, 0.25) is 0 Å². The Bertz CT molecular complexity index is 201. The van der Waals surface area contributed by atoms with Crippen molar-refractivity contribution in [2.45, 2.75) is 61.5 Å². The van der Waals surface area contributed by atoms with E-state index in [1.54, 1.807) is 0 Å². The van der Waals surface area contributed by atoms with Gasteiger partial charge in [-0.3, -0.25) is 4.21 Å². The lowest BCUT2D eigenvalue weighted by Gasteiger charge is -2.19. The molecule has 76 valence electrons. The van der Waals surface area contributed by atoms with Crippen LogP contribution in [0.4, 0.5) is 0 Å². The molecule has 2 aliphatic rings. The van der Waals surface area contributed by atoms with Crippen LogP contribution in [0.5, 0.6) is 0 Å². The van der Waals surface area contributed by atoms with Crippen molar-refractivity contribution >= 4 is 10.8 Å². The molecular formula is C10H19NOS. The molecule has 2 N–H and O–H groups in total. The molecule has 0 bridgehead atoms. The normalized spacial score (nSPS) is 38.2. The minimum atomic E-state index is -0.626. The van der Waals surface area contributed by atoms with Crippen molar-refractivity contribution in [2.24, 2.45) is 5.73 Å². The average molecular weight is 201 g/mol. The molecule has 2 nitrogen and oxygen atoms in total. The summed E-state index contributed by atoms with van der Waals surface area (Å²) in [5, 5.41) is 0.803. The summed E-state index contributed by atoms with van der Waals surface area (Å²) in [7, 11) is -0.626. The Balaban J connectivity index is 1.95. The van der Waals surface area contributed by atoms with Crippen molar-refractivity contribution in [1.82, 2.24) is 0 Å². The first kappa shape index (κ1) is 9.66. The molecule has 0 spiro atoms. The van der Waals surface area contributed by atoms with Gasteiger partial charge in [-0.25, -0.2) is 0 Å². The van der Waals surface area contributed by atoms with E-state index in [0.29, 0.717) is 10.5 Å². The standard InChI is InChI=1S/C10H19NOS/c11-9-6-3-7-10(9)13(12)8-4-1-2-5-8/h8-10H,1-7,11H2. The summed E-state index contributed by atoms with van der Waals surface area (Å²) in [5.41, 5.74) is 5.95. The zero-order valence-electron chi connectivity index (χ0n) is 8.08. The fourth-order valence-electron chi connectivity index (χ4n) is 2.61. The van der Waals surface area contributed by atoms with E-state index < -0.39 is 10.8 Å². The SMILES string of the molecule is NC1CCCC1S(=O)C1CCCC1. The van der Waals surface area contributed by atoms with Gasteiger partial charge in [-0.2, -0.15) is 0 Å². The summed E-state index contributed by atoms with van der Waals surface area (Å²) in [4.78, 5) is 0. The molecule has 0 amide bonds. The van der Waals surface area contributed by atoms with Crippen LogP contribution in [0.3, 0.4) is 0 Å². The second kappa shape index (κ2) is 4.09. The molecule has 2 fully saturated rings. The highest BCUT2D eigenvalue weighted by Gasteiger charge is 2.34. The Hall–Kier alpha value is 0.110. The molecule has 13 heavy (non-hydrogen) atoms. The van der Waals surface area contributed by atoms with Crippen LogP contribution in [0.15, 0.2) is 0 Å². The van der Waals surface area contributed by atoms with Crippen molar-refractivity contribution < 1.29 is 4.21 Å². The molecule has 0 heterocycles. The zero-order chi connectivity index (χ0) is 9.26. The molecule has 0 radical (unpaired) electrons. The second-order valence-electron chi connectivity index (χ2n) is 4.37. The number of nitrogens with two attached hydrogens (primary N) is 1. The van der Waals surface area contributed by atoms with E-state index in [1.807, 2.05) is 0 Å². The Morgan fingerprint density at radius 3 is 2.23 bits per heavy atom. The lowest BCUT2D eigenvalue weighted by Crippen LogP contribution is -2.36. The lowest BCUT2D eigenvalue weighted by atomic mass is 10.3. The molecule has 3 heteroatoms. The van der Waals surface area contributed by atoms with Gasteiger partial charge in [-0.05, 0) is 25.7 Å². The fraction of sp³-hybridized carbons (Fsp3) is 1.00. The van der Waals surface area contributed by atoms with Crippen LogP contribution in [0.25, 0.3) is 0 Å². The molecule has 3 atom stereocenters. The van der Waals surface area contributed by atoms with Gasteiger partial charge < -0.3 is 5.73 Å². The topological polar surface area (TPSA) is 43.1 Å². The molecule has 0 aromatic carbocycles. The van der Waals surface area contributed by atoms with Gasteiger partial charge in [0.2, 0.25) is 0 Å². The van der Waals surface area contributed by atoms with E-state index in [2.05, 4.69) is 0 Å². The van der Waals surface area contributed by atoms with Crippen LogP contribution in [-0.4, -0.2) is 20.8 Å². The summed E-state index contributed by atoms with van der Waals surface area (Å²) in [5.74, 6) is 0. The maximum Gasteiger partial charge on any atom is 0.0501 e. The van der Waals surface area contributed by atoms with Gasteiger partial charge in [-0.15, -0.1) is 0 Å². The smallest absolute Gasteiger partial charge is 0.0501 e. The van der Waals surface area contributed by atoms with Gasteiger partial charge in [0, 0.05) is 22.1 Å². The highest BCUT2D eigenvalue weighted by atomic mass is 32.2. The van der Waals surface area contributed by atoms with Crippen molar-refractivity contribution in [2.75, 3.05) is 0 Å². The quantitative estimate of drug-likeness (QED) is 0.736. The summed E-state index contributed by atoms with van der Waals surface area (Å²) < 4.78 is 12.1. The van der Waals surface area contributed by atoms with Crippen LogP contribution in [0, 0.1) is 0 Å². The first-order valence-electron chi connectivity index (χ1n) is 5.44. The first-order chi connectivity index (χ1) is 6.29. The Kier molecular flexibility index (Phi) is 3.04. The number of hydrogen-bond acceptors (Lipinski definition) is 2. The molecule has 0 aromatic rings. The molecular weight excluding hydrogens is 182 g/mol. The molecule has 0 aliphatic heterocycles. The molecule has 2 saturated carbocycles. The summed E-state index contributed by atoms with van der Waals surface area (Å²) in [6, 6.07) is 0.224.